The van der Waals surface area contributed by atoms with Crippen molar-refractivity contribution in [2.45, 2.75) is 12.5 Å². The van der Waals surface area contributed by atoms with E-state index in [2.05, 4.69) is 69.6 Å². The summed E-state index contributed by atoms with van der Waals surface area (Å²) in [6.07, 6.45) is 2.00. The van der Waals surface area contributed by atoms with Crippen LogP contribution in [-0.2, 0) is 6.54 Å². The molecule has 5 nitrogen and oxygen atoms in total. The van der Waals surface area contributed by atoms with Crippen LogP contribution in [-0.4, -0.2) is 47.8 Å². The lowest BCUT2D eigenvalue weighted by Crippen LogP contribution is -2.31. The highest BCUT2D eigenvalue weighted by Crippen LogP contribution is 2.36. The number of aromatic amines is 1. The van der Waals surface area contributed by atoms with Gasteiger partial charge in [-0.2, -0.15) is 0 Å². The number of H-pyrrole nitrogens is 1. The lowest BCUT2D eigenvalue weighted by molar-refractivity contribution is 0.295. The van der Waals surface area contributed by atoms with E-state index in [0.29, 0.717) is 5.92 Å². The van der Waals surface area contributed by atoms with Crippen LogP contribution < -0.4 is 4.90 Å². The second-order valence-electron chi connectivity index (χ2n) is 8.16. The molecule has 0 radical (unpaired) electrons. The summed E-state index contributed by atoms with van der Waals surface area (Å²) in [5.41, 5.74) is 7.37. The molecule has 1 aliphatic rings. The number of nitrogens with one attached hydrogen (secondary N) is 1. The minimum Gasteiger partial charge on any atom is -0.361 e. The summed E-state index contributed by atoms with van der Waals surface area (Å²) in [5, 5.41) is 10.0. The zero-order chi connectivity index (χ0) is 20.0. The molecule has 2 aromatic heterocycles. The topological polar surface area (TPSA) is 48.1 Å². The summed E-state index contributed by atoms with van der Waals surface area (Å²) in [5.74, 6) is 1.24. The number of hydrogen-bond donors (Lipinski definition) is 1. The van der Waals surface area contributed by atoms with Gasteiger partial charge in [0.15, 0.2) is 5.82 Å². The van der Waals surface area contributed by atoms with Crippen molar-refractivity contribution in [3.8, 4) is 11.3 Å². The van der Waals surface area contributed by atoms with Crippen LogP contribution in [0.3, 0.4) is 0 Å². The number of fused-ring (bicyclic) bond motifs is 2. The molecule has 0 spiro atoms. The summed E-state index contributed by atoms with van der Waals surface area (Å²) in [7, 11) is 6.15. The minimum atomic E-state index is 0.368. The Morgan fingerprint density at radius 3 is 2.69 bits per heavy atom. The van der Waals surface area contributed by atoms with Gasteiger partial charge in [-0.1, -0.05) is 24.3 Å². The second kappa shape index (κ2) is 7.01. The Bertz CT molecular complexity index is 1160. The van der Waals surface area contributed by atoms with E-state index >= 15 is 0 Å². The van der Waals surface area contributed by atoms with Crippen molar-refractivity contribution in [3.05, 3.63) is 77.5 Å². The fourth-order valence-electron chi connectivity index (χ4n) is 4.29. The van der Waals surface area contributed by atoms with E-state index in [1.165, 1.54) is 27.6 Å². The number of nitrogens with zero attached hydrogens (tertiary/aromatic N) is 4. The lowest BCUT2D eigenvalue weighted by atomic mass is 9.83. The Hall–Kier alpha value is -3.18. The van der Waals surface area contributed by atoms with Gasteiger partial charge in [0.2, 0.25) is 0 Å². The van der Waals surface area contributed by atoms with Crippen molar-refractivity contribution in [1.82, 2.24) is 20.1 Å². The fraction of sp³-hybridized carbons (Fsp3) is 0.250. The highest BCUT2D eigenvalue weighted by Gasteiger charge is 2.25. The maximum absolute atomic E-state index is 4.43. The van der Waals surface area contributed by atoms with Crippen molar-refractivity contribution >= 4 is 16.7 Å². The number of benzene rings is 2. The van der Waals surface area contributed by atoms with Crippen LogP contribution >= 0.6 is 0 Å². The molecule has 0 saturated heterocycles. The van der Waals surface area contributed by atoms with Gasteiger partial charge in [0.05, 0.1) is 5.69 Å². The van der Waals surface area contributed by atoms with Crippen LogP contribution in [0.25, 0.3) is 22.2 Å². The molecule has 0 aliphatic carbocycles. The number of rotatable bonds is 3. The molecule has 1 atom stereocenters. The summed E-state index contributed by atoms with van der Waals surface area (Å²) in [6, 6.07) is 19.7. The Kier molecular flexibility index (Phi) is 4.32. The first-order valence-electron chi connectivity index (χ1n) is 9.98. The Morgan fingerprint density at radius 2 is 1.90 bits per heavy atom. The molecule has 3 heterocycles. The highest BCUT2D eigenvalue weighted by molar-refractivity contribution is 5.80. The van der Waals surface area contributed by atoms with Crippen molar-refractivity contribution in [3.63, 3.8) is 0 Å². The Balaban J connectivity index is 1.53. The first-order valence-corrected chi connectivity index (χ1v) is 9.98. The minimum absolute atomic E-state index is 0.368. The quantitative estimate of drug-likeness (QED) is 0.574. The SMILES string of the molecule is CN1Cc2cc(-c3ccc(N(C)C)nn3)ccc2C(c2ccc3cc[nH]c3c2)C1. The molecule has 1 aliphatic heterocycles. The molecule has 1 unspecified atom stereocenters. The van der Waals surface area contributed by atoms with Gasteiger partial charge >= 0.3 is 0 Å². The zero-order valence-electron chi connectivity index (χ0n) is 17.1. The fourth-order valence-corrected chi connectivity index (χ4v) is 4.29. The standard InChI is InChI=1S/C24H25N5/c1-28(2)24-9-8-22(26-27-24)18-6-7-20-19(12-18)14-29(3)15-21(20)17-5-4-16-10-11-25-23(16)13-17/h4-13,21,25H,14-15H2,1-3H3. The molecule has 5 heteroatoms. The summed E-state index contributed by atoms with van der Waals surface area (Å²) >= 11 is 0. The Morgan fingerprint density at radius 1 is 1.00 bits per heavy atom. The van der Waals surface area contributed by atoms with Crippen LogP contribution in [0, 0.1) is 0 Å². The van der Waals surface area contributed by atoms with Gasteiger partial charge in [-0.3, -0.25) is 0 Å². The van der Waals surface area contributed by atoms with Gasteiger partial charge in [0.25, 0.3) is 0 Å². The molecule has 146 valence electrons. The third-order valence-electron chi connectivity index (χ3n) is 5.84. The van der Waals surface area contributed by atoms with Gasteiger partial charge in [-0.05, 0) is 59.5 Å². The van der Waals surface area contributed by atoms with E-state index in [0.717, 1.165) is 30.2 Å². The number of likely N-dealkylation sites (N-methyl/N-ethyl adjacent to an activating group) is 1. The first kappa shape index (κ1) is 17.9. The molecule has 0 saturated carbocycles. The smallest absolute Gasteiger partial charge is 0.150 e. The van der Waals surface area contributed by atoms with E-state index in [4.69, 9.17) is 0 Å². The molecule has 4 aromatic rings. The molecular weight excluding hydrogens is 358 g/mol. The van der Waals surface area contributed by atoms with E-state index in [1.54, 1.807) is 0 Å². The van der Waals surface area contributed by atoms with E-state index in [1.807, 2.05) is 37.3 Å². The summed E-state index contributed by atoms with van der Waals surface area (Å²) in [6.45, 7) is 1.98. The molecular formula is C24H25N5. The van der Waals surface area contributed by atoms with Gasteiger partial charge in [0.1, 0.15) is 0 Å². The number of aromatic nitrogens is 3. The molecule has 2 aromatic carbocycles. The van der Waals surface area contributed by atoms with E-state index in [9.17, 15) is 0 Å². The maximum Gasteiger partial charge on any atom is 0.150 e. The third-order valence-corrected chi connectivity index (χ3v) is 5.84. The van der Waals surface area contributed by atoms with Crippen molar-refractivity contribution < 1.29 is 0 Å². The number of hydrogen-bond acceptors (Lipinski definition) is 4. The van der Waals surface area contributed by atoms with Crippen LogP contribution in [0.2, 0.25) is 0 Å². The zero-order valence-corrected chi connectivity index (χ0v) is 17.1. The van der Waals surface area contributed by atoms with E-state index < -0.39 is 0 Å². The van der Waals surface area contributed by atoms with Gasteiger partial charge in [-0.15, -0.1) is 10.2 Å². The predicted molar refractivity (Wildman–Crippen MR) is 118 cm³/mol. The monoisotopic (exact) mass is 383 g/mol. The molecule has 1 N–H and O–H groups in total. The van der Waals surface area contributed by atoms with Crippen LogP contribution in [0.5, 0.6) is 0 Å². The predicted octanol–water partition coefficient (Wildman–Crippen LogP) is 4.27. The van der Waals surface area contributed by atoms with Crippen molar-refractivity contribution in [1.29, 1.82) is 0 Å². The Labute approximate surface area is 171 Å². The normalized spacial score (nSPS) is 16.7. The molecule has 0 amide bonds. The van der Waals surface area contributed by atoms with Crippen LogP contribution in [0.15, 0.2) is 60.8 Å². The largest absolute Gasteiger partial charge is 0.361 e. The van der Waals surface area contributed by atoms with Crippen molar-refractivity contribution in [2.75, 3.05) is 32.6 Å². The van der Waals surface area contributed by atoms with Gasteiger partial charge in [-0.25, -0.2) is 0 Å². The maximum atomic E-state index is 4.43. The summed E-state index contributed by atoms with van der Waals surface area (Å²) < 4.78 is 0. The van der Waals surface area contributed by atoms with Crippen molar-refractivity contribution in [2.24, 2.45) is 0 Å². The third kappa shape index (κ3) is 3.28. The molecule has 5 rings (SSSR count). The number of anilines is 1. The van der Waals surface area contributed by atoms with Gasteiger partial charge in [0, 0.05) is 50.4 Å². The van der Waals surface area contributed by atoms with Crippen LogP contribution in [0.1, 0.15) is 22.6 Å². The lowest BCUT2D eigenvalue weighted by Gasteiger charge is -2.33. The first-order chi connectivity index (χ1) is 14.1. The molecule has 0 bridgehead atoms. The van der Waals surface area contributed by atoms with Gasteiger partial charge < -0.3 is 14.8 Å². The highest BCUT2D eigenvalue weighted by atomic mass is 15.2. The van der Waals surface area contributed by atoms with E-state index in [-0.39, 0.29) is 0 Å². The van der Waals surface area contributed by atoms with Crippen LogP contribution in [0.4, 0.5) is 5.82 Å². The summed E-state index contributed by atoms with van der Waals surface area (Å²) in [4.78, 5) is 7.71. The molecule has 29 heavy (non-hydrogen) atoms. The average molecular weight is 383 g/mol. The average Bonchev–Trinajstić information content (AvgIpc) is 3.20. The second-order valence-corrected chi connectivity index (χ2v) is 8.16. The molecule has 0 fully saturated rings.